The number of hydrogen-bond donors (Lipinski definition) is 2. The summed E-state index contributed by atoms with van der Waals surface area (Å²) in [5.74, 6) is 0.0843. The standard InChI is InChI=1S/C8H12N4O/c9-7-4-11-12(5-7)8(13)6-1-2-10-3-6/h4-6,10H,1-3,9H2. The Bertz CT molecular complexity index is 314. The summed E-state index contributed by atoms with van der Waals surface area (Å²) < 4.78 is 1.33. The quantitative estimate of drug-likeness (QED) is 0.623. The summed E-state index contributed by atoms with van der Waals surface area (Å²) in [7, 11) is 0. The van der Waals surface area contributed by atoms with E-state index in [4.69, 9.17) is 5.73 Å². The molecule has 1 fully saturated rings. The van der Waals surface area contributed by atoms with Gasteiger partial charge >= 0.3 is 0 Å². The summed E-state index contributed by atoms with van der Waals surface area (Å²) in [6.45, 7) is 1.66. The van der Waals surface area contributed by atoms with Crippen LogP contribution >= 0.6 is 0 Å². The van der Waals surface area contributed by atoms with Crippen LogP contribution in [0.3, 0.4) is 0 Å². The van der Waals surface area contributed by atoms with Crippen molar-refractivity contribution >= 4 is 11.6 Å². The van der Waals surface area contributed by atoms with E-state index in [0.29, 0.717) is 5.69 Å². The number of aromatic nitrogens is 2. The van der Waals surface area contributed by atoms with E-state index in [2.05, 4.69) is 10.4 Å². The fraction of sp³-hybridized carbons (Fsp3) is 0.500. The number of nitrogen functional groups attached to an aromatic ring is 1. The minimum Gasteiger partial charge on any atom is -0.396 e. The molecule has 1 unspecified atom stereocenters. The highest BCUT2D eigenvalue weighted by molar-refractivity contribution is 5.81. The van der Waals surface area contributed by atoms with Gasteiger partial charge in [-0.05, 0) is 13.0 Å². The third-order valence-corrected chi connectivity index (χ3v) is 2.24. The Balaban J connectivity index is 2.12. The van der Waals surface area contributed by atoms with E-state index in [0.717, 1.165) is 19.5 Å². The van der Waals surface area contributed by atoms with Crippen molar-refractivity contribution in [2.45, 2.75) is 6.42 Å². The molecule has 0 spiro atoms. The molecule has 0 aliphatic carbocycles. The van der Waals surface area contributed by atoms with E-state index in [9.17, 15) is 4.79 Å². The number of nitrogens with two attached hydrogens (primary N) is 1. The number of nitrogens with one attached hydrogen (secondary N) is 1. The summed E-state index contributed by atoms with van der Waals surface area (Å²) in [6.07, 6.45) is 3.93. The van der Waals surface area contributed by atoms with Crippen molar-refractivity contribution in [2.24, 2.45) is 5.92 Å². The van der Waals surface area contributed by atoms with Gasteiger partial charge in [-0.1, -0.05) is 0 Å². The topological polar surface area (TPSA) is 72.9 Å². The van der Waals surface area contributed by atoms with E-state index in [1.165, 1.54) is 10.9 Å². The Morgan fingerprint density at radius 2 is 2.62 bits per heavy atom. The van der Waals surface area contributed by atoms with Gasteiger partial charge in [0.25, 0.3) is 5.91 Å². The van der Waals surface area contributed by atoms with Crippen molar-refractivity contribution in [3.05, 3.63) is 12.4 Å². The van der Waals surface area contributed by atoms with Crippen molar-refractivity contribution in [2.75, 3.05) is 18.8 Å². The molecule has 0 bridgehead atoms. The smallest absolute Gasteiger partial charge is 0.251 e. The molecular formula is C8H12N4O. The molecule has 0 aromatic carbocycles. The Labute approximate surface area is 75.9 Å². The molecule has 2 heterocycles. The molecule has 1 atom stereocenters. The molecule has 1 aromatic heterocycles. The van der Waals surface area contributed by atoms with Crippen LogP contribution in [0.2, 0.25) is 0 Å². The molecule has 2 rings (SSSR count). The van der Waals surface area contributed by atoms with Crippen LogP contribution < -0.4 is 11.1 Å². The first kappa shape index (κ1) is 8.25. The first-order valence-electron chi connectivity index (χ1n) is 4.32. The predicted octanol–water partition coefficient (Wildman–Crippen LogP) is -0.285. The van der Waals surface area contributed by atoms with Crippen molar-refractivity contribution in [3.8, 4) is 0 Å². The van der Waals surface area contributed by atoms with Crippen molar-refractivity contribution in [1.29, 1.82) is 0 Å². The second kappa shape index (κ2) is 3.18. The van der Waals surface area contributed by atoms with Gasteiger partial charge in [-0.15, -0.1) is 0 Å². The van der Waals surface area contributed by atoms with Crippen LogP contribution in [0.1, 0.15) is 11.2 Å². The molecule has 0 radical (unpaired) electrons. The van der Waals surface area contributed by atoms with Gasteiger partial charge in [0.15, 0.2) is 0 Å². The third-order valence-electron chi connectivity index (χ3n) is 2.24. The minimum atomic E-state index is 0.0294. The highest BCUT2D eigenvalue weighted by Gasteiger charge is 2.23. The SMILES string of the molecule is Nc1cnn(C(=O)C2CCNC2)c1. The summed E-state index contributed by atoms with van der Waals surface area (Å²) in [4.78, 5) is 11.7. The fourth-order valence-electron chi connectivity index (χ4n) is 1.51. The Kier molecular flexibility index (Phi) is 2.02. The van der Waals surface area contributed by atoms with E-state index in [1.807, 2.05) is 0 Å². The highest BCUT2D eigenvalue weighted by Crippen LogP contribution is 2.11. The molecule has 0 saturated carbocycles. The lowest BCUT2D eigenvalue weighted by Gasteiger charge is -2.05. The molecule has 13 heavy (non-hydrogen) atoms. The third kappa shape index (κ3) is 1.55. The van der Waals surface area contributed by atoms with Crippen LogP contribution in [0, 0.1) is 5.92 Å². The summed E-state index contributed by atoms with van der Waals surface area (Å²) >= 11 is 0. The zero-order valence-corrected chi connectivity index (χ0v) is 7.23. The first-order valence-corrected chi connectivity index (χ1v) is 4.32. The number of hydrogen-bond acceptors (Lipinski definition) is 4. The van der Waals surface area contributed by atoms with Gasteiger partial charge < -0.3 is 11.1 Å². The zero-order valence-electron chi connectivity index (χ0n) is 7.23. The minimum absolute atomic E-state index is 0.0294. The summed E-state index contributed by atoms with van der Waals surface area (Å²) in [5, 5.41) is 7.01. The fourth-order valence-corrected chi connectivity index (χ4v) is 1.51. The molecule has 5 nitrogen and oxygen atoms in total. The zero-order chi connectivity index (χ0) is 9.26. The number of carbonyl (C=O) groups is 1. The van der Waals surface area contributed by atoms with Gasteiger partial charge in [-0.3, -0.25) is 4.79 Å². The largest absolute Gasteiger partial charge is 0.396 e. The predicted molar refractivity (Wildman–Crippen MR) is 48.2 cm³/mol. The molecule has 1 aliphatic heterocycles. The number of carbonyl (C=O) groups excluding carboxylic acids is 1. The van der Waals surface area contributed by atoms with Crippen LogP contribution in [0.4, 0.5) is 5.69 Å². The Morgan fingerprint density at radius 3 is 3.15 bits per heavy atom. The average molecular weight is 180 g/mol. The van der Waals surface area contributed by atoms with E-state index >= 15 is 0 Å². The summed E-state index contributed by atoms with van der Waals surface area (Å²) in [6, 6.07) is 0. The van der Waals surface area contributed by atoms with Gasteiger partial charge in [-0.2, -0.15) is 5.10 Å². The molecule has 5 heteroatoms. The second-order valence-corrected chi connectivity index (χ2v) is 3.25. The maximum atomic E-state index is 11.7. The van der Waals surface area contributed by atoms with Crippen LogP contribution in [0.15, 0.2) is 12.4 Å². The second-order valence-electron chi connectivity index (χ2n) is 3.25. The van der Waals surface area contributed by atoms with Gasteiger partial charge in [0.1, 0.15) is 0 Å². The van der Waals surface area contributed by atoms with E-state index in [1.54, 1.807) is 6.20 Å². The average Bonchev–Trinajstić information content (AvgIpc) is 2.72. The summed E-state index contributed by atoms with van der Waals surface area (Å²) in [5.41, 5.74) is 5.99. The number of rotatable bonds is 1. The molecule has 70 valence electrons. The first-order chi connectivity index (χ1) is 6.27. The molecule has 1 aliphatic rings. The van der Waals surface area contributed by atoms with Crippen molar-refractivity contribution in [3.63, 3.8) is 0 Å². The molecule has 1 saturated heterocycles. The van der Waals surface area contributed by atoms with Gasteiger partial charge in [-0.25, -0.2) is 4.68 Å². The maximum Gasteiger partial charge on any atom is 0.251 e. The normalized spacial score (nSPS) is 22.0. The van der Waals surface area contributed by atoms with Crippen molar-refractivity contribution < 1.29 is 4.79 Å². The molecule has 0 amide bonds. The molecular weight excluding hydrogens is 168 g/mol. The highest BCUT2D eigenvalue weighted by atomic mass is 16.2. The molecule has 3 N–H and O–H groups in total. The van der Waals surface area contributed by atoms with Crippen LogP contribution in [0.5, 0.6) is 0 Å². The van der Waals surface area contributed by atoms with Crippen molar-refractivity contribution in [1.82, 2.24) is 15.1 Å². The van der Waals surface area contributed by atoms with Gasteiger partial charge in [0, 0.05) is 6.54 Å². The number of nitrogens with zero attached hydrogens (tertiary/aromatic N) is 2. The van der Waals surface area contributed by atoms with Gasteiger partial charge in [0.05, 0.1) is 24.0 Å². The van der Waals surface area contributed by atoms with E-state index in [-0.39, 0.29) is 11.8 Å². The van der Waals surface area contributed by atoms with E-state index < -0.39 is 0 Å². The Hall–Kier alpha value is -1.36. The lowest BCUT2D eigenvalue weighted by molar-refractivity contribution is 0.0828. The monoisotopic (exact) mass is 180 g/mol. The number of anilines is 1. The lowest BCUT2D eigenvalue weighted by atomic mass is 10.1. The molecule has 1 aromatic rings. The Morgan fingerprint density at radius 1 is 1.77 bits per heavy atom. The van der Waals surface area contributed by atoms with Crippen LogP contribution in [-0.4, -0.2) is 28.8 Å². The van der Waals surface area contributed by atoms with Crippen LogP contribution in [0.25, 0.3) is 0 Å². The van der Waals surface area contributed by atoms with Gasteiger partial charge in [0.2, 0.25) is 0 Å². The lowest BCUT2D eigenvalue weighted by Crippen LogP contribution is -2.24. The van der Waals surface area contributed by atoms with Crippen LogP contribution in [-0.2, 0) is 0 Å². The maximum absolute atomic E-state index is 11.7.